The number of likely N-dealkylation sites (tertiary alicyclic amines) is 1. The van der Waals surface area contributed by atoms with E-state index in [1.807, 2.05) is 17.0 Å². The molecule has 130 valence electrons. The number of carbonyl (C=O) groups is 1. The van der Waals surface area contributed by atoms with Crippen LogP contribution in [0.15, 0.2) is 24.3 Å². The van der Waals surface area contributed by atoms with Gasteiger partial charge in [0, 0.05) is 30.7 Å². The third-order valence-electron chi connectivity index (χ3n) is 6.15. The second kappa shape index (κ2) is 6.85. The molecule has 0 bridgehead atoms. The summed E-state index contributed by atoms with van der Waals surface area (Å²) < 4.78 is 5.56. The van der Waals surface area contributed by atoms with Crippen molar-refractivity contribution in [2.75, 3.05) is 19.8 Å². The highest BCUT2D eigenvalue weighted by Gasteiger charge is 2.39. The molecule has 1 saturated carbocycles. The number of hydrogen-bond acceptors (Lipinski definition) is 3. The molecule has 1 aromatic rings. The van der Waals surface area contributed by atoms with Crippen LogP contribution in [0.5, 0.6) is 0 Å². The number of carbonyl (C=O) groups excluding carboxylic acids is 1. The van der Waals surface area contributed by atoms with Gasteiger partial charge in [-0.3, -0.25) is 4.79 Å². The van der Waals surface area contributed by atoms with Gasteiger partial charge in [0.05, 0.1) is 12.7 Å². The van der Waals surface area contributed by atoms with E-state index in [0.29, 0.717) is 25.6 Å². The smallest absolute Gasteiger partial charge is 0.254 e. The number of hydrogen-bond donors (Lipinski definition) is 1. The highest BCUT2D eigenvalue weighted by Crippen LogP contribution is 2.36. The number of ether oxygens (including phenoxy) is 1. The molecule has 0 aromatic heterocycles. The minimum absolute atomic E-state index is 0.0550. The highest BCUT2D eigenvalue weighted by molar-refractivity contribution is 5.94. The Morgan fingerprint density at radius 2 is 1.88 bits per heavy atom. The van der Waals surface area contributed by atoms with E-state index in [9.17, 15) is 9.90 Å². The fourth-order valence-electron chi connectivity index (χ4n) is 4.41. The lowest BCUT2D eigenvalue weighted by Gasteiger charge is -2.37. The van der Waals surface area contributed by atoms with E-state index in [1.165, 1.54) is 24.8 Å². The van der Waals surface area contributed by atoms with Gasteiger partial charge in [-0.15, -0.1) is 0 Å². The molecular formula is C20H27NO3. The SMILES string of the molecule is O=C(c1ccc(C2CCC2)cc1)N1CCCC1C1COCCC1O. The first-order chi connectivity index (χ1) is 11.7. The van der Waals surface area contributed by atoms with Gasteiger partial charge in [0.25, 0.3) is 5.91 Å². The Morgan fingerprint density at radius 3 is 2.54 bits per heavy atom. The van der Waals surface area contributed by atoms with Crippen LogP contribution in [0.2, 0.25) is 0 Å². The minimum Gasteiger partial charge on any atom is -0.393 e. The lowest BCUT2D eigenvalue weighted by Crippen LogP contribution is -2.48. The van der Waals surface area contributed by atoms with Gasteiger partial charge in [0.2, 0.25) is 0 Å². The quantitative estimate of drug-likeness (QED) is 0.927. The van der Waals surface area contributed by atoms with Crippen LogP contribution in [0.1, 0.15) is 60.4 Å². The summed E-state index contributed by atoms with van der Waals surface area (Å²) in [5.74, 6) is 0.859. The third kappa shape index (κ3) is 2.98. The number of amides is 1. The Balaban J connectivity index is 1.48. The lowest BCUT2D eigenvalue weighted by molar-refractivity contribution is -0.0589. The van der Waals surface area contributed by atoms with Crippen molar-refractivity contribution in [1.82, 2.24) is 4.90 Å². The molecule has 3 aliphatic rings. The van der Waals surface area contributed by atoms with E-state index in [1.54, 1.807) is 0 Å². The van der Waals surface area contributed by atoms with Crippen LogP contribution in [-0.4, -0.2) is 47.8 Å². The fraction of sp³-hybridized carbons (Fsp3) is 0.650. The van der Waals surface area contributed by atoms with Crippen molar-refractivity contribution < 1.29 is 14.6 Å². The van der Waals surface area contributed by atoms with Gasteiger partial charge in [-0.25, -0.2) is 0 Å². The Kier molecular flexibility index (Phi) is 4.59. The van der Waals surface area contributed by atoms with E-state index < -0.39 is 0 Å². The normalized spacial score (nSPS) is 31.0. The summed E-state index contributed by atoms with van der Waals surface area (Å²) in [7, 11) is 0. The zero-order valence-electron chi connectivity index (χ0n) is 14.2. The number of nitrogens with zero attached hydrogens (tertiary/aromatic N) is 1. The van der Waals surface area contributed by atoms with Crippen molar-refractivity contribution in [3.63, 3.8) is 0 Å². The van der Waals surface area contributed by atoms with Crippen LogP contribution in [0.25, 0.3) is 0 Å². The average Bonchev–Trinajstić information content (AvgIpc) is 3.03. The molecule has 4 nitrogen and oxygen atoms in total. The van der Waals surface area contributed by atoms with E-state index in [2.05, 4.69) is 12.1 Å². The molecule has 4 rings (SSSR count). The molecule has 24 heavy (non-hydrogen) atoms. The molecule has 1 N–H and O–H groups in total. The number of aliphatic hydroxyl groups is 1. The standard InChI is InChI=1S/C20H27NO3/c22-19-10-12-24-13-17(19)18-5-2-11-21(18)20(23)16-8-6-15(7-9-16)14-3-1-4-14/h6-9,14,17-19,22H,1-5,10-13H2. The maximum absolute atomic E-state index is 13.0. The predicted octanol–water partition coefficient (Wildman–Crippen LogP) is 2.96. The topological polar surface area (TPSA) is 49.8 Å². The van der Waals surface area contributed by atoms with Crippen LogP contribution in [0.4, 0.5) is 0 Å². The van der Waals surface area contributed by atoms with Gasteiger partial charge >= 0.3 is 0 Å². The van der Waals surface area contributed by atoms with Crippen molar-refractivity contribution in [3.05, 3.63) is 35.4 Å². The maximum Gasteiger partial charge on any atom is 0.254 e. The van der Waals surface area contributed by atoms with Gasteiger partial charge in [-0.2, -0.15) is 0 Å². The molecule has 2 heterocycles. The predicted molar refractivity (Wildman–Crippen MR) is 92.0 cm³/mol. The maximum atomic E-state index is 13.0. The molecule has 1 aliphatic carbocycles. The van der Waals surface area contributed by atoms with Crippen LogP contribution in [0, 0.1) is 5.92 Å². The molecular weight excluding hydrogens is 302 g/mol. The minimum atomic E-state index is -0.349. The van der Waals surface area contributed by atoms with E-state index in [0.717, 1.165) is 24.9 Å². The molecule has 3 atom stereocenters. The van der Waals surface area contributed by atoms with Crippen molar-refractivity contribution in [2.24, 2.45) is 5.92 Å². The zero-order valence-corrected chi connectivity index (χ0v) is 14.2. The molecule has 0 radical (unpaired) electrons. The molecule has 4 heteroatoms. The second-order valence-electron chi connectivity index (χ2n) is 7.55. The molecule has 3 fully saturated rings. The van der Waals surface area contributed by atoms with Crippen molar-refractivity contribution in [2.45, 2.75) is 56.6 Å². The Bertz CT molecular complexity index is 581. The largest absolute Gasteiger partial charge is 0.393 e. The number of benzene rings is 1. The highest BCUT2D eigenvalue weighted by atomic mass is 16.5. The van der Waals surface area contributed by atoms with Gasteiger partial charge in [0.15, 0.2) is 0 Å². The van der Waals surface area contributed by atoms with Gasteiger partial charge in [0.1, 0.15) is 0 Å². The second-order valence-corrected chi connectivity index (χ2v) is 7.55. The van der Waals surface area contributed by atoms with Crippen LogP contribution >= 0.6 is 0 Å². The zero-order chi connectivity index (χ0) is 16.5. The van der Waals surface area contributed by atoms with E-state index in [4.69, 9.17) is 4.74 Å². The van der Waals surface area contributed by atoms with Gasteiger partial charge < -0.3 is 14.7 Å². The average molecular weight is 329 g/mol. The van der Waals surface area contributed by atoms with Gasteiger partial charge in [-0.1, -0.05) is 18.6 Å². The monoisotopic (exact) mass is 329 g/mol. The molecule has 2 aliphatic heterocycles. The first kappa shape index (κ1) is 16.1. The van der Waals surface area contributed by atoms with Crippen LogP contribution in [0.3, 0.4) is 0 Å². The molecule has 3 unspecified atom stereocenters. The summed E-state index contributed by atoms with van der Waals surface area (Å²) in [6, 6.07) is 8.33. The first-order valence-corrected chi connectivity index (χ1v) is 9.41. The summed E-state index contributed by atoms with van der Waals surface area (Å²) >= 11 is 0. The van der Waals surface area contributed by atoms with Crippen LogP contribution in [-0.2, 0) is 4.74 Å². The third-order valence-corrected chi connectivity index (χ3v) is 6.15. The van der Waals surface area contributed by atoms with Crippen molar-refractivity contribution in [3.8, 4) is 0 Å². The summed E-state index contributed by atoms with van der Waals surface area (Å²) in [6.45, 7) is 1.98. The summed E-state index contributed by atoms with van der Waals surface area (Å²) in [4.78, 5) is 14.9. The number of rotatable bonds is 3. The molecule has 1 amide bonds. The first-order valence-electron chi connectivity index (χ1n) is 9.41. The fourth-order valence-corrected chi connectivity index (χ4v) is 4.41. The molecule has 2 saturated heterocycles. The summed E-state index contributed by atoms with van der Waals surface area (Å²) in [5, 5.41) is 10.3. The number of aliphatic hydroxyl groups excluding tert-OH is 1. The van der Waals surface area contributed by atoms with E-state index in [-0.39, 0.29) is 24.0 Å². The summed E-state index contributed by atoms with van der Waals surface area (Å²) in [5.41, 5.74) is 2.14. The lowest BCUT2D eigenvalue weighted by atomic mass is 9.80. The van der Waals surface area contributed by atoms with Gasteiger partial charge in [-0.05, 0) is 55.7 Å². The Morgan fingerprint density at radius 1 is 1.08 bits per heavy atom. The summed E-state index contributed by atoms with van der Waals surface area (Å²) in [6.07, 6.45) is 6.20. The Hall–Kier alpha value is -1.39. The van der Waals surface area contributed by atoms with Crippen LogP contribution < -0.4 is 0 Å². The molecule has 1 aromatic carbocycles. The Labute approximate surface area is 143 Å². The van der Waals surface area contributed by atoms with Crippen molar-refractivity contribution in [1.29, 1.82) is 0 Å². The van der Waals surface area contributed by atoms with E-state index >= 15 is 0 Å². The van der Waals surface area contributed by atoms with Crippen molar-refractivity contribution >= 4 is 5.91 Å². The molecule has 0 spiro atoms.